The van der Waals surface area contributed by atoms with Crippen molar-refractivity contribution in [1.82, 2.24) is 4.90 Å². The van der Waals surface area contributed by atoms with Crippen molar-refractivity contribution < 1.29 is 22.3 Å². The maximum atomic E-state index is 14.4. The number of carbonyl (C=O) groups excluding carboxylic acids is 1. The van der Waals surface area contributed by atoms with E-state index in [4.69, 9.17) is 4.74 Å². The number of fused-ring (bicyclic) bond motifs is 1. The number of sulfonamides is 1. The number of thiophene rings is 1. The summed E-state index contributed by atoms with van der Waals surface area (Å²) in [6, 6.07) is 11.6. The highest BCUT2D eigenvalue weighted by molar-refractivity contribution is 7.92. The van der Waals surface area contributed by atoms with E-state index in [1.165, 1.54) is 30.2 Å². The van der Waals surface area contributed by atoms with Crippen molar-refractivity contribution in [2.24, 2.45) is 0 Å². The van der Waals surface area contributed by atoms with Gasteiger partial charge in [-0.15, -0.1) is 11.3 Å². The van der Waals surface area contributed by atoms with E-state index in [1.807, 2.05) is 11.4 Å². The van der Waals surface area contributed by atoms with Crippen LogP contribution in [-0.2, 0) is 23.0 Å². The lowest BCUT2D eigenvalue weighted by atomic mass is 10.1. The fourth-order valence-corrected chi connectivity index (χ4v) is 5.37. The summed E-state index contributed by atoms with van der Waals surface area (Å²) < 4.78 is 47.3. The SMILES string of the molecule is COc1ccc(NS(=O)(=O)c2cc(C(=O)N3CCc4sccc4C3)ccc2F)cc1. The number of rotatable bonds is 5. The van der Waals surface area contributed by atoms with Gasteiger partial charge in [-0.1, -0.05) is 0 Å². The molecule has 6 nitrogen and oxygen atoms in total. The molecule has 3 aromatic rings. The van der Waals surface area contributed by atoms with Crippen molar-refractivity contribution in [2.45, 2.75) is 17.9 Å². The van der Waals surface area contributed by atoms with Gasteiger partial charge in [0.2, 0.25) is 0 Å². The van der Waals surface area contributed by atoms with Gasteiger partial charge in [-0.25, -0.2) is 12.8 Å². The number of anilines is 1. The molecule has 0 fully saturated rings. The van der Waals surface area contributed by atoms with Crippen LogP contribution in [0, 0.1) is 5.82 Å². The summed E-state index contributed by atoms with van der Waals surface area (Å²) in [6.07, 6.45) is 0.754. The quantitative estimate of drug-likeness (QED) is 0.645. The minimum atomic E-state index is -4.22. The molecule has 1 aliphatic rings. The van der Waals surface area contributed by atoms with Crippen LogP contribution >= 0.6 is 11.3 Å². The number of halogens is 1. The number of hydrogen-bond donors (Lipinski definition) is 1. The van der Waals surface area contributed by atoms with E-state index in [1.54, 1.807) is 28.4 Å². The first-order valence-electron chi connectivity index (χ1n) is 9.18. The van der Waals surface area contributed by atoms with Crippen LogP contribution in [0.5, 0.6) is 5.75 Å². The summed E-state index contributed by atoms with van der Waals surface area (Å²) >= 11 is 1.66. The number of ether oxygens (including phenoxy) is 1. The summed E-state index contributed by atoms with van der Waals surface area (Å²) in [5.41, 5.74) is 1.48. The molecule has 0 unspecified atom stereocenters. The second-order valence-electron chi connectivity index (χ2n) is 6.82. The molecule has 0 bridgehead atoms. The van der Waals surface area contributed by atoms with E-state index < -0.39 is 20.7 Å². The van der Waals surface area contributed by atoms with Crippen molar-refractivity contribution in [3.63, 3.8) is 0 Å². The lowest BCUT2D eigenvalue weighted by Crippen LogP contribution is -2.35. The third-order valence-electron chi connectivity index (χ3n) is 4.90. The highest BCUT2D eigenvalue weighted by Crippen LogP contribution is 2.27. The van der Waals surface area contributed by atoms with Crippen LogP contribution in [0.2, 0.25) is 0 Å². The number of methoxy groups -OCH3 is 1. The summed E-state index contributed by atoms with van der Waals surface area (Å²) in [5.74, 6) is -0.689. The van der Waals surface area contributed by atoms with Crippen LogP contribution in [0.25, 0.3) is 0 Å². The van der Waals surface area contributed by atoms with E-state index in [2.05, 4.69) is 4.72 Å². The van der Waals surface area contributed by atoms with Crippen LogP contribution < -0.4 is 9.46 Å². The molecular weight excluding hydrogens is 427 g/mol. The zero-order valence-electron chi connectivity index (χ0n) is 16.1. The summed E-state index contributed by atoms with van der Waals surface area (Å²) in [7, 11) is -2.73. The first-order chi connectivity index (χ1) is 14.4. The molecule has 1 amide bonds. The molecule has 0 saturated carbocycles. The zero-order chi connectivity index (χ0) is 21.3. The smallest absolute Gasteiger partial charge is 0.264 e. The molecular formula is C21H19FN2O4S2. The van der Waals surface area contributed by atoms with Gasteiger partial charge in [-0.3, -0.25) is 9.52 Å². The molecule has 1 aliphatic heterocycles. The molecule has 0 spiro atoms. The first kappa shape index (κ1) is 20.4. The minimum Gasteiger partial charge on any atom is -0.497 e. The number of hydrogen-bond acceptors (Lipinski definition) is 5. The Hall–Kier alpha value is -2.91. The molecule has 156 valence electrons. The van der Waals surface area contributed by atoms with E-state index in [0.29, 0.717) is 18.8 Å². The Bertz CT molecular complexity index is 1190. The van der Waals surface area contributed by atoms with Crippen LogP contribution in [0.1, 0.15) is 20.8 Å². The maximum absolute atomic E-state index is 14.4. The van der Waals surface area contributed by atoms with Gasteiger partial charge in [-0.2, -0.15) is 0 Å². The molecule has 1 aromatic heterocycles. The highest BCUT2D eigenvalue weighted by atomic mass is 32.2. The van der Waals surface area contributed by atoms with Gasteiger partial charge in [0.15, 0.2) is 0 Å². The van der Waals surface area contributed by atoms with E-state index >= 15 is 0 Å². The van der Waals surface area contributed by atoms with E-state index in [-0.39, 0.29) is 17.2 Å². The first-order valence-corrected chi connectivity index (χ1v) is 11.5. The number of nitrogens with zero attached hydrogens (tertiary/aromatic N) is 1. The van der Waals surface area contributed by atoms with Crippen molar-refractivity contribution >= 4 is 33.0 Å². The monoisotopic (exact) mass is 446 g/mol. The van der Waals surface area contributed by atoms with E-state index in [9.17, 15) is 17.6 Å². The lowest BCUT2D eigenvalue weighted by molar-refractivity contribution is 0.0735. The topological polar surface area (TPSA) is 75.7 Å². The maximum Gasteiger partial charge on any atom is 0.264 e. The molecule has 2 aromatic carbocycles. The van der Waals surface area contributed by atoms with Crippen LogP contribution in [0.15, 0.2) is 58.8 Å². The highest BCUT2D eigenvalue weighted by Gasteiger charge is 2.26. The fourth-order valence-electron chi connectivity index (χ4n) is 3.32. The Balaban J connectivity index is 1.58. The molecule has 9 heteroatoms. The second-order valence-corrected chi connectivity index (χ2v) is 9.48. The Morgan fingerprint density at radius 2 is 1.93 bits per heavy atom. The average Bonchev–Trinajstić information content (AvgIpc) is 3.21. The molecule has 30 heavy (non-hydrogen) atoms. The van der Waals surface area contributed by atoms with Gasteiger partial charge in [0.1, 0.15) is 16.5 Å². The van der Waals surface area contributed by atoms with Gasteiger partial charge in [0.05, 0.1) is 7.11 Å². The predicted octanol–water partition coefficient (Wildman–Crippen LogP) is 3.90. The second kappa shape index (κ2) is 8.08. The number of nitrogens with one attached hydrogen (secondary N) is 1. The summed E-state index contributed by atoms with van der Waals surface area (Å²) in [6.45, 7) is 0.997. The lowest BCUT2D eigenvalue weighted by Gasteiger charge is -2.27. The van der Waals surface area contributed by atoms with Crippen molar-refractivity contribution in [3.05, 3.63) is 75.7 Å². The Kier molecular flexibility index (Phi) is 5.48. The normalized spacial score (nSPS) is 13.6. The van der Waals surface area contributed by atoms with Gasteiger partial charge in [-0.05, 0) is 65.9 Å². The Morgan fingerprint density at radius 1 is 1.17 bits per heavy atom. The Labute approximate surface area is 178 Å². The van der Waals surface area contributed by atoms with E-state index in [0.717, 1.165) is 24.1 Å². The average molecular weight is 447 g/mol. The van der Waals surface area contributed by atoms with Crippen molar-refractivity contribution in [1.29, 1.82) is 0 Å². The summed E-state index contributed by atoms with van der Waals surface area (Å²) in [4.78, 5) is 15.3. The number of benzene rings is 2. The van der Waals surface area contributed by atoms with Crippen LogP contribution in [0.3, 0.4) is 0 Å². The molecule has 4 rings (SSSR count). The molecule has 0 aliphatic carbocycles. The third-order valence-corrected chi connectivity index (χ3v) is 7.32. The number of carbonyl (C=O) groups is 1. The van der Waals surface area contributed by atoms with Gasteiger partial charge in [0.25, 0.3) is 15.9 Å². The van der Waals surface area contributed by atoms with Gasteiger partial charge in [0, 0.05) is 29.2 Å². The molecule has 2 heterocycles. The fraction of sp³-hybridized carbons (Fsp3) is 0.190. The minimum absolute atomic E-state index is 0.130. The van der Waals surface area contributed by atoms with Crippen LogP contribution in [-0.4, -0.2) is 32.9 Å². The molecule has 0 radical (unpaired) electrons. The molecule has 0 atom stereocenters. The zero-order valence-corrected chi connectivity index (χ0v) is 17.7. The molecule has 1 N–H and O–H groups in total. The third kappa shape index (κ3) is 4.03. The van der Waals surface area contributed by atoms with Crippen LogP contribution in [0.4, 0.5) is 10.1 Å². The predicted molar refractivity (Wildman–Crippen MR) is 113 cm³/mol. The van der Waals surface area contributed by atoms with Gasteiger partial charge < -0.3 is 9.64 Å². The summed E-state index contributed by atoms with van der Waals surface area (Å²) in [5, 5.41) is 1.99. The molecule has 0 saturated heterocycles. The standard InChI is InChI=1S/C21H19FN2O4S2/c1-28-17-5-3-16(4-6-17)23-30(26,27)20-12-14(2-7-18(20)22)21(25)24-10-8-19-15(13-24)9-11-29-19/h2-7,9,11-12,23H,8,10,13H2,1H3. The largest absolute Gasteiger partial charge is 0.497 e. The van der Waals surface area contributed by atoms with Crippen molar-refractivity contribution in [3.8, 4) is 5.75 Å². The number of amides is 1. The van der Waals surface area contributed by atoms with Crippen molar-refractivity contribution in [2.75, 3.05) is 18.4 Å². The Morgan fingerprint density at radius 3 is 2.67 bits per heavy atom. The van der Waals surface area contributed by atoms with Gasteiger partial charge >= 0.3 is 0 Å².